The number of aliphatic hydroxyl groups is 1. The highest BCUT2D eigenvalue weighted by molar-refractivity contribution is 5.76. The zero-order valence-electron chi connectivity index (χ0n) is 10.8. The Morgan fingerprint density at radius 3 is 2.82 bits per heavy atom. The number of carbonyl (C=O) groups excluding carboxylic acids is 1. The summed E-state index contributed by atoms with van der Waals surface area (Å²) in [5.41, 5.74) is 0. The number of ether oxygens (including phenoxy) is 1. The van der Waals surface area contributed by atoms with E-state index in [0.717, 1.165) is 38.5 Å². The molecule has 0 radical (unpaired) electrons. The molecule has 2 atom stereocenters. The predicted molar refractivity (Wildman–Crippen MR) is 66.7 cm³/mol. The van der Waals surface area contributed by atoms with Crippen molar-refractivity contribution < 1.29 is 14.6 Å². The van der Waals surface area contributed by atoms with Gasteiger partial charge in [-0.05, 0) is 19.3 Å². The number of amides is 1. The van der Waals surface area contributed by atoms with Crippen LogP contribution in [0, 0.1) is 0 Å². The van der Waals surface area contributed by atoms with Crippen molar-refractivity contribution in [1.29, 1.82) is 0 Å². The molecule has 4 heteroatoms. The Bertz CT molecular complexity index is 221. The number of rotatable bonds is 6. The first-order valence-electron chi connectivity index (χ1n) is 6.79. The molecule has 100 valence electrons. The third-order valence-electron chi connectivity index (χ3n) is 3.15. The molecule has 2 N–H and O–H groups in total. The van der Waals surface area contributed by atoms with Crippen LogP contribution >= 0.6 is 0 Å². The minimum absolute atomic E-state index is 0.00736. The van der Waals surface area contributed by atoms with E-state index in [4.69, 9.17) is 4.74 Å². The molecule has 1 aliphatic carbocycles. The summed E-state index contributed by atoms with van der Waals surface area (Å²) < 4.78 is 5.27. The van der Waals surface area contributed by atoms with E-state index in [9.17, 15) is 9.90 Å². The van der Waals surface area contributed by atoms with Crippen molar-refractivity contribution in [3.05, 3.63) is 0 Å². The predicted octanol–water partition coefficient (Wildman–Crippen LogP) is 1.61. The Morgan fingerprint density at radius 2 is 2.06 bits per heavy atom. The second-order valence-corrected chi connectivity index (χ2v) is 4.74. The van der Waals surface area contributed by atoms with E-state index in [0.29, 0.717) is 19.6 Å². The molecule has 0 aromatic heterocycles. The van der Waals surface area contributed by atoms with Crippen molar-refractivity contribution in [2.45, 2.75) is 64.0 Å². The van der Waals surface area contributed by atoms with Crippen molar-refractivity contribution >= 4 is 5.91 Å². The first-order chi connectivity index (χ1) is 8.24. The highest BCUT2D eigenvalue weighted by Gasteiger charge is 2.22. The van der Waals surface area contributed by atoms with Gasteiger partial charge < -0.3 is 15.2 Å². The van der Waals surface area contributed by atoms with Crippen LogP contribution in [0.1, 0.15) is 51.9 Å². The van der Waals surface area contributed by atoms with Gasteiger partial charge in [0, 0.05) is 13.0 Å². The van der Waals surface area contributed by atoms with Gasteiger partial charge >= 0.3 is 0 Å². The second kappa shape index (κ2) is 8.48. The van der Waals surface area contributed by atoms with Gasteiger partial charge in [-0.25, -0.2) is 0 Å². The quantitative estimate of drug-likeness (QED) is 0.550. The van der Waals surface area contributed by atoms with E-state index < -0.39 is 0 Å². The van der Waals surface area contributed by atoms with Crippen LogP contribution in [0.4, 0.5) is 0 Å². The summed E-state index contributed by atoms with van der Waals surface area (Å²) in [6, 6.07) is -0.0591. The number of aliphatic hydroxyl groups excluding tert-OH is 1. The first-order valence-corrected chi connectivity index (χ1v) is 6.79. The number of hydrogen-bond acceptors (Lipinski definition) is 3. The normalized spacial score (nSPS) is 25.3. The molecule has 1 fully saturated rings. The lowest BCUT2D eigenvalue weighted by Crippen LogP contribution is -2.42. The number of carbonyl (C=O) groups is 1. The molecule has 0 bridgehead atoms. The molecule has 0 aliphatic heterocycles. The highest BCUT2D eigenvalue weighted by Crippen LogP contribution is 2.18. The van der Waals surface area contributed by atoms with Crippen LogP contribution < -0.4 is 5.32 Å². The minimum Gasteiger partial charge on any atom is -0.391 e. The Balaban J connectivity index is 2.19. The fourth-order valence-electron chi connectivity index (χ4n) is 2.15. The highest BCUT2D eigenvalue weighted by atomic mass is 16.5. The van der Waals surface area contributed by atoms with Gasteiger partial charge in [-0.1, -0.05) is 26.2 Å². The van der Waals surface area contributed by atoms with Crippen molar-refractivity contribution in [1.82, 2.24) is 5.32 Å². The maximum Gasteiger partial charge on any atom is 0.222 e. The van der Waals surface area contributed by atoms with Crippen molar-refractivity contribution in [2.24, 2.45) is 0 Å². The maximum absolute atomic E-state index is 11.6. The maximum atomic E-state index is 11.6. The van der Waals surface area contributed by atoms with Crippen LogP contribution in [0.3, 0.4) is 0 Å². The molecule has 4 nitrogen and oxygen atoms in total. The Kier molecular flexibility index (Phi) is 7.21. The van der Waals surface area contributed by atoms with Gasteiger partial charge in [0.05, 0.1) is 18.8 Å². The largest absolute Gasteiger partial charge is 0.391 e. The third-order valence-corrected chi connectivity index (χ3v) is 3.15. The molecule has 0 aromatic carbocycles. The van der Waals surface area contributed by atoms with Crippen LogP contribution in [0.2, 0.25) is 0 Å². The average molecular weight is 243 g/mol. The average Bonchev–Trinajstić information content (AvgIpc) is 2.51. The van der Waals surface area contributed by atoms with Gasteiger partial charge in [0.2, 0.25) is 5.91 Å². The minimum atomic E-state index is -0.377. The van der Waals surface area contributed by atoms with Gasteiger partial charge in [0.25, 0.3) is 0 Å². The van der Waals surface area contributed by atoms with E-state index in [2.05, 4.69) is 5.32 Å². The molecule has 0 heterocycles. The summed E-state index contributed by atoms with van der Waals surface area (Å²) in [5, 5.41) is 12.8. The van der Waals surface area contributed by atoms with Gasteiger partial charge in [0.1, 0.15) is 0 Å². The molecular formula is C13H25NO3. The number of hydrogen-bond donors (Lipinski definition) is 2. The van der Waals surface area contributed by atoms with E-state index in [1.54, 1.807) is 0 Å². The van der Waals surface area contributed by atoms with Crippen molar-refractivity contribution in [2.75, 3.05) is 13.2 Å². The SMILES string of the molecule is CCCOCCC(=O)NC1CCCCCC1O. The molecule has 2 unspecified atom stereocenters. The van der Waals surface area contributed by atoms with Crippen molar-refractivity contribution in [3.8, 4) is 0 Å². The fourth-order valence-corrected chi connectivity index (χ4v) is 2.15. The molecule has 0 saturated heterocycles. The standard InChI is InChI=1S/C13H25NO3/c1-2-9-17-10-8-13(16)14-11-6-4-3-5-7-12(11)15/h11-12,15H,2-10H2,1H3,(H,14,16). The topological polar surface area (TPSA) is 58.6 Å². The monoisotopic (exact) mass is 243 g/mol. The zero-order valence-corrected chi connectivity index (χ0v) is 10.8. The summed E-state index contributed by atoms with van der Waals surface area (Å²) in [6.45, 7) is 3.23. The molecule has 0 aromatic rings. The summed E-state index contributed by atoms with van der Waals surface area (Å²) in [5.74, 6) is -0.00736. The van der Waals surface area contributed by atoms with E-state index >= 15 is 0 Å². The Hall–Kier alpha value is -0.610. The molecule has 17 heavy (non-hydrogen) atoms. The van der Waals surface area contributed by atoms with E-state index in [1.165, 1.54) is 0 Å². The lowest BCUT2D eigenvalue weighted by molar-refractivity contribution is -0.123. The van der Waals surface area contributed by atoms with E-state index in [1.807, 2.05) is 6.92 Å². The molecule has 1 amide bonds. The van der Waals surface area contributed by atoms with Crippen LogP contribution in [-0.2, 0) is 9.53 Å². The lowest BCUT2D eigenvalue weighted by atomic mass is 10.1. The van der Waals surface area contributed by atoms with Gasteiger partial charge in [-0.3, -0.25) is 4.79 Å². The summed E-state index contributed by atoms with van der Waals surface area (Å²) >= 11 is 0. The van der Waals surface area contributed by atoms with Gasteiger partial charge in [0.15, 0.2) is 0 Å². The third kappa shape index (κ3) is 6.03. The molecule has 0 spiro atoms. The zero-order chi connectivity index (χ0) is 12.5. The Labute approximate surface area is 104 Å². The summed E-state index contributed by atoms with van der Waals surface area (Å²) in [4.78, 5) is 11.6. The van der Waals surface area contributed by atoms with Gasteiger partial charge in [-0.2, -0.15) is 0 Å². The Morgan fingerprint density at radius 1 is 1.29 bits per heavy atom. The van der Waals surface area contributed by atoms with Crippen molar-refractivity contribution in [3.63, 3.8) is 0 Å². The van der Waals surface area contributed by atoms with E-state index in [-0.39, 0.29) is 18.1 Å². The smallest absolute Gasteiger partial charge is 0.222 e. The fraction of sp³-hybridized carbons (Fsp3) is 0.923. The first kappa shape index (κ1) is 14.5. The van der Waals surface area contributed by atoms with Crippen LogP contribution in [0.15, 0.2) is 0 Å². The summed E-state index contributed by atoms with van der Waals surface area (Å²) in [7, 11) is 0. The van der Waals surface area contributed by atoms with Crippen LogP contribution in [0.25, 0.3) is 0 Å². The number of nitrogens with one attached hydrogen (secondary N) is 1. The molecule has 1 saturated carbocycles. The molecular weight excluding hydrogens is 218 g/mol. The second-order valence-electron chi connectivity index (χ2n) is 4.74. The van der Waals surface area contributed by atoms with Crippen LogP contribution in [-0.4, -0.2) is 36.4 Å². The van der Waals surface area contributed by atoms with Gasteiger partial charge in [-0.15, -0.1) is 0 Å². The summed E-state index contributed by atoms with van der Waals surface area (Å²) in [6.07, 6.45) is 5.99. The lowest BCUT2D eigenvalue weighted by Gasteiger charge is -2.21. The molecule has 1 rings (SSSR count). The van der Waals surface area contributed by atoms with Crippen LogP contribution in [0.5, 0.6) is 0 Å². The molecule has 1 aliphatic rings.